The first-order chi connectivity index (χ1) is 15.0. The van der Waals surface area contributed by atoms with Crippen molar-refractivity contribution in [2.75, 3.05) is 32.8 Å². The zero-order valence-corrected chi connectivity index (χ0v) is 18.1. The van der Waals surface area contributed by atoms with Crippen molar-refractivity contribution in [1.82, 2.24) is 10.2 Å². The number of phenols is 1. The SMILES string of the molecule is C[C@@H]1C(B(O)O)C1c1ccc(OC2CN(C[C@](C)(N)C(=O)NCCO)C2)c(C(=O)O)c1O. The normalized spacial score (nSPS) is 24.9. The van der Waals surface area contributed by atoms with E-state index in [-0.39, 0.29) is 54.9 Å². The Bertz CT molecular complexity index is 875. The lowest BCUT2D eigenvalue weighted by atomic mass is 9.80. The number of aliphatic hydroxyl groups is 1. The second-order valence-electron chi connectivity index (χ2n) is 8.89. The number of carboxylic acids is 1. The fraction of sp³-hybridized carbons (Fsp3) is 0.600. The number of nitrogens with two attached hydrogens (primary N) is 1. The summed E-state index contributed by atoms with van der Waals surface area (Å²) in [5.74, 6) is -3.05. The first-order valence-corrected chi connectivity index (χ1v) is 10.5. The molecule has 1 saturated heterocycles. The van der Waals surface area contributed by atoms with E-state index in [1.165, 1.54) is 6.07 Å². The fourth-order valence-electron chi connectivity index (χ4n) is 4.42. The molecule has 1 aliphatic heterocycles. The summed E-state index contributed by atoms with van der Waals surface area (Å²) in [5, 5.41) is 50.5. The largest absolute Gasteiger partial charge is 0.507 e. The third kappa shape index (κ3) is 4.84. The Kier molecular flexibility index (Phi) is 7.01. The zero-order chi connectivity index (χ0) is 23.8. The third-order valence-corrected chi connectivity index (χ3v) is 6.22. The number of nitrogens with one attached hydrogen (secondary N) is 1. The molecule has 0 bridgehead atoms. The van der Waals surface area contributed by atoms with Crippen LogP contribution in [0.25, 0.3) is 0 Å². The van der Waals surface area contributed by atoms with Crippen molar-refractivity contribution in [3.63, 3.8) is 0 Å². The Hall–Kier alpha value is -2.38. The van der Waals surface area contributed by atoms with Gasteiger partial charge in [-0.15, -0.1) is 0 Å². The van der Waals surface area contributed by atoms with E-state index in [4.69, 9.17) is 15.6 Å². The van der Waals surface area contributed by atoms with Crippen LogP contribution in [0.2, 0.25) is 5.82 Å². The number of carboxylic acid groups (broad SMARTS) is 1. The molecule has 0 radical (unpaired) electrons. The van der Waals surface area contributed by atoms with E-state index in [0.717, 1.165) is 0 Å². The van der Waals surface area contributed by atoms with Gasteiger partial charge in [-0.1, -0.05) is 13.0 Å². The molecule has 1 aromatic rings. The Morgan fingerprint density at radius 3 is 2.53 bits per heavy atom. The summed E-state index contributed by atoms with van der Waals surface area (Å²) in [6.07, 6.45) is -0.346. The molecule has 0 aromatic heterocycles. The average Bonchev–Trinajstić information content (AvgIpc) is 3.34. The summed E-state index contributed by atoms with van der Waals surface area (Å²) in [4.78, 5) is 25.8. The number of ether oxygens (including phenoxy) is 1. The van der Waals surface area contributed by atoms with Crippen molar-refractivity contribution in [2.24, 2.45) is 11.7 Å². The Labute approximate surface area is 185 Å². The molecule has 8 N–H and O–H groups in total. The number of carbonyl (C=O) groups is 2. The van der Waals surface area contributed by atoms with Gasteiger partial charge in [-0.3, -0.25) is 9.69 Å². The van der Waals surface area contributed by atoms with Crippen LogP contribution in [-0.2, 0) is 4.79 Å². The van der Waals surface area contributed by atoms with Crippen LogP contribution in [0, 0.1) is 5.92 Å². The maximum atomic E-state index is 12.1. The van der Waals surface area contributed by atoms with Crippen molar-refractivity contribution < 1.29 is 39.7 Å². The van der Waals surface area contributed by atoms with Crippen molar-refractivity contribution in [2.45, 2.75) is 37.2 Å². The van der Waals surface area contributed by atoms with Gasteiger partial charge in [0.15, 0.2) is 0 Å². The van der Waals surface area contributed by atoms with Crippen molar-refractivity contribution in [3.8, 4) is 11.5 Å². The highest BCUT2D eigenvalue weighted by Gasteiger charge is 2.55. The van der Waals surface area contributed by atoms with Crippen LogP contribution in [0.1, 0.15) is 35.7 Å². The van der Waals surface area contributed by atoms with Gasteiger partial charge in [-0.25, -0.2) is 4.79 Å². The standard InChI is InChI=1S/C20H30BN3O8/c1-10-14(16(10)21(30)31)12-3-4-13(15(17(12)26)18(27)28)32-11-7-24(8-11)9-20(2,22)19(29)23-5-6-25/h3-4,10-11,14,16,25-26,30-31H,5-9,22H2,1-2H3,(H,23,29)(H,27,28)/t10-,14?,16?,20-/m0/s1. The number of hydrogen-bond acceptors (Lipinski definition) is 9. The maximum absolute atomic E-state index is 12.1. The van der Waals surface area contributed by atoms with Gasteiger partial charge in [0, 0.05) is 32.0 Å². The first-order valence-electron chi connectivity index (χ1n) is 10.5. The van der Waals surface area contributed by atoms with Gasteiger partial charge in [-0.2, -0.15) is 0 Å². The average molecular weight is 451 g/mol. The predicted molar refractivity (Wildman–Crippen MR) is 114 cm³/mol. The second-order valence-corrected chi connectivity index (χ2v) is 8.89. The number of benzene rings is 1. The van der Waals surface area contributed by atoms with Gasteiger partial charge < -0.3 is 41.2 Å². The number of nitrogens with zero attached hydrogens (tertiary/aromatic N) is 1. The highest BCUT2D eigenvalue weighted by Crippen LogP contribution is 2.61. The van der Waals surface area contributed by atoms with Crippen LogP contribution in [-0.4, -0.2) is 93.7 Å². The molecule has 1 saturated carbocycles. The van der Waals surface area contributed by atoms with E-state index in [1.54, 1.807) is 19.9 Å². The van der Waals surface area contributed by atoms with Gasteiger partial charge in [0.25, 0.3) is 0 Å². The molecule has 4 atom stereocenters. The molecular weight excluding hydrogens is 421 g/mol. The molecule has 11 nitrogen and oxygen atoms in total. The first kappa shape index (κ1) is 24.3. The quantitative estimate of drug-likeness (QED) is 0.208. The Balaban J connectivity index is 1.64. The molecule has 176 valence electrons. The lowest BCUT2D eigenvalue weighted by molar-refractivity contribution is -0.127. The molecule has 2 unspecified atom stereocenters. The Morgan fingerprint density at radius 2 is 2.00 bits per heavy atom. The molecule has 12 heteroatoms. The van der Waals surface area contributed by atoms with Crippen molar-refractivity contribution >= 4 is 19.0 Å². The van der Waals surface area contributed by atoms with Gasteiger partial charge in [0.1, 0.15) is 28.7 Å². The molecule has 0 spiro atoms. The molecule has 1 aliphatic carbocycles. The Morgan fingerprint density at radius 1 is 1.34 bits per heavy atom. The number of aromatic carboxylic acids is 1. The molecule has 2 fully saturated rings. The number of rotatable bonds is 10. The van der Waals surface area contributed by atoms with Crippen molar-refractivity contribution in [1.29, 1.82) is 0 Å². The van der Waals surface area contributed by atoms with Crippen LogP contribution >= 0.6 is 0 Å². The van der Waals surface area contributed by atoms with E-state index in [1.807, 2.05) is 4.90 Å². The predicted octanol–water partition coefficient (Wildman–Crippen LogP) is -1.44. The molecule has 2 aliphatic rings. The molecule has 32 heavy (non-hydrogen) atoms. The van der Waals surface area contributed by atoms with Crippen LogP contribution < -0.4 is 15.8 Å². The molecule has 1 heterocycles. The lowest BCUT2D eigenvalue weighted by Gasteiger charge is -2.42. The monoisotopic (exact) mass is 451 g/mol. The topological polar surface area (TPSA) is 186 Å². The van der Waals surface area contributed by atoms with E-state index in [0.29, 0.717) is 18.7 Å². The summed E-state index contributed by atoms with van der Waals surface area (Å²) in [6, 6.07) is 3.03. The highest BCUT2D eigenvalue weighted by molar-refractivity contribution is 6.45. The zero-order valence-electron chi connectivity index (χ0n) is 18.1. The minimum Gasteiger partial charge on any atom is -0.507 e. The fourth-order valence-corrected chi connectivity index (χ4v) is 4.42. The van der Waals surface area contributed by atoms with E-state index < -0.39 is 30.2 Å². The summed E-state index contributed by atoms with van der Waals surface area (Å²) in [7, 11) is -1.54. The number of hydrogen-bond donors (Lipinski definition) is 7. The van der Waals surface area contributed by atoms with Crippen molar-refractivity contribution in [3.05, 3.63) is 23.3 Å². The van der Waals surface area contributed by atoms with Gasteiger partial charge in [-0.05, 0) is 30.4 Å². The summed E-state index contributed by atoms with van der Waals surface area (Å²) in [6.45, 7) is 4.41. The summed E-state index contributed by atoms with van der Waals surface area (Å²) in [5.41, 5.74) is 4.89. The molecule has 1 aromatic carbocycles. The molecular formula is C20H30BN3O8. The van der Waals surface area contributed by atoms with E-state index in [2.05, 4.69) is 5.32 Å². The number of aliphatic hydroxyl groups excluding tert-OH is 1. The van der Waals surface area contributed by atoms with E-state index in [9.17, 15) is 29.9 Å². The van der Waals surface area contributed by atoms with Crippen LogP contribution in [0.4, 0.5) is 0 Å². The van der Waals surface area contributed by atoms with Crippen LogP contribution in [0.3, 0.4) is 0 Å². The molecule has 1 amide bonds. The van der Waals surface area contributed by atoms with Crippen LogP contribution in [0.15, 0.2) is 12.1 Å². The van der Waals surface area contributed by atoms with Gasteiger partial charge in [0.05, 0.1) is 6.61 Å². The van der Waals surface area contributed by atoms with Crippen LogP contribution in [0.5, 0.6) is 11.5 Å². The second kappa shape index (κ2) is 9.24. The number of amides is 1. The van der Waals surface area contributed by atoms with Gasteiger partial charge >= 0.3 is 13.1 Å². The lowest BCUT2D eigenvalue weighted by Crippen LogP contribution is -2.64. The summed E-state index contributed by atoms with van der Waals surface area (Å²) >= 11 is 0. The minimum atomic E-state index is -1.54. The van der Waals surface area contributed by atoms with E-state index >= 15 is 0 Å². The third-order valence-electron chi connectivity index (χ3n) is 6.22. The van der Waals surface area contributed by atoms with Gasteiger partial charge in [0.2, 0.25) is 5.91 Å². The number of likely N-dealkylation sites (tertiary alicyclic amines) is 1. The highest BCUT2D eigenvalue weighted by atomic mass is 16.5. The summed E-state index contributed by atoms with van der Waals surface area (Å²) < 4.78 is 5.79. The minimum absolute atomic E-state index is 0.0222. The number of aromatic hydroxyl groups is 1. The number of carbonyl (C=O) groups excluding carboxylic acids is 1. The smallest absolute Gasteiger partial charge is 0.455 e. The molecule has 3 rings (SSSR count). The maximum Gasteiger partial charge on any atom is 0.455 e.